The lowest BCUT2D eigenvalue weighted by atomic mass is 10.1. The second-order valence-corrected chi connectivity index (χ2v) is 5.60. The van der Waals surface area contributed by atoms with E-state index in [1.807, 2.05) is 12.1 Å². The Labute approximate surface area is 125 Å². The molecule has 114 valence electrons. The molecule has 1 aromatic carbocycles. The monoisotopic (exact) mass is 289 g/mol. The molecular weight excluding hydrogens is 266 g/mol. The van der Waals surface area contributed by atoms with Crippen LogP contribution in [0.4, 0.5) is 0 Å². The molecule has 0 aromatic heterocycles. The second kappa shape index (κ2) is 7.22. The molecule has 1 aromatic rings. The fourth-order valence-corrected chi connectivity index (χ4v) is 2.11. The van der Waals surface area contributed by atoms with Crippen molar-refractivity contribution in [3.05, 3.63) is 35.4 Å². The Hall–Kier alpha value is -1.88. The number of hydrogen-bond donors (Lipinski definition) is 2. The number of nitrogens with one attached hydrogen (secondary N) is 2. The van der Waals surface area contributed by atoms with Gasteiger partial charge in [-0.25, -0.2) is 0 Å². The SMILES string of the molecule is CNC(=O)c1ccc(CN(C)C(=O)CNCC2CC2)cc1. The van der Waals surface area contributed by atoms with Crippen molar-refractivity contribution in [1.29, 1.82) is 0 Å². The minimum absolute atomic E-state index is 0.0889. The van der Waals surface area contributed by atoms with Crippen molar-refractivity contribution in [2.24, 2.45) is 5.92 Å². The minimum Gasteiger partial charge on any atom is -0.355 e. The van der Waals surface area contributed by atoms with Crippen LogP contribution in [0, 0.1) is 5.92 Å². The van der Waals surface area contributed by atoms with Crippen LogP contribution >= 0.6 is 0 Å². The zero-order chi connectivity index (χ0) is 15.2. The average molecular weight is 289 g/mol. The Kier molecular flexibility index (Phi) is 5.33. The molecule has 1 fully saturated rings. The normalized spacial score (nSPS) is 13.8. The molecule has 0 aliphatic heterocycles. The number of hydrogen-bond acceptors (Lipinski definition) is 3. The van der Waals surface area contributed by atoms with E-state index in [1.54, 1.807) is 31.1 Å². The quantitative estimate of drug-likeness (QED) is 0.787. The molecule has 0 bridgehead atoms. The summed E-state index contributed by atoms with van der Waals surface area (Å²) in [6.45, 7) is 1.89. The van der Waals surface area contributed by atoms with E-state index < -0.39 is 0 Å². The van der Waals surface area contributed by atoms with E-state index >= 15 is 0 Å². The highest BCUT2D eigenvalue weighted by atomic mass is 16.2. The molecule has 0 saturated heterocycles. The van der Waals surface area contributed by atoms with Gasteiger partial charge >= 0.3 is 0 Å². The highest BCUT2D eigenvalue weighted by Gasteiger charge is 2.21. The lowest BCUT2D eigenvalue weighted by Crippen LogP contribution is -2.35. The Morgan fingerprint density at radius 2 is 1.90 bits per heavy atom. The van der Waals surface area contributed by atoms with Gasteiger partial charge in [-0.1, -0.05) is 12.1 Å². The molecule has 0 radical (unpaired) electrons. The van der Waals surface area contributed by atoms with Gasteiger partial charge in [-0.15, -0.1) is 0 Å². The van der Waals surface area contributed by atoms with E-state index in [0.29, 0.717) is 18.7 Å². The molecule has 0 spiro atoms. The van der Waals surface area contributed by atoms with Gasteiger partial charge in [-0.05, 0) is 43.0 Å². The van der Waals surface area contributed by atoms with Gasteiger partial charge in [0.1, 0.15) is 0 Å². The first-order valence-corrected chi connectivity index (χ1v) is 7.36. The van der Waals surface area contributed by atoms with Crippen LogP contribution in [0.1, 0.15) is 28.8 Å². The van der Waals surface area contributed by atoms with Gasteiger partial charge in [0.05, 0.1) is 6.54 Å². The maximum absolute atomic E-state index is 12.0. The third kappa shape index (κ3) is 4.86. The molecule has 0 unspecified atom stereocenters. The van der Waals surface area contributed by atoms with E-state index in [1.165, 1.54) is 12.8 Å². The number of rotatable bonds is 7. The molecule has 2 N–H and O–H groups in total. The summed E-state index contributed by atoms with van der Waals surface area (Å²) in [5.74, 6) is 0.765. The summed E-state index contributed by atoms with van der Waals surface area (Å²) < 4.78 is 0. The smallest absolute Gasteiger partial charge is 0.251 e. The number of carbonyl (C=O) groups excluding carboxylic acids is 2. The molecule has 2 amide bonds. The van der Waals surface area contributed by atoms with Gasteiger partial charge in [0, 0.05) is 26.2 Å². The highest BCUT2D eigenvalue weighted by molar-refractivity contribution is 5.93. The van der Waals surface area contributed by atoms with Gasteiger partial charge in [0.2, 0.25) is 5.91 Å². The van der Waals surface area contributed by atoms with E-state index in [2.05, 4.69) is 10.6 Å². The summed E-state index contributed by atoms with van der Waals surface area (Å²) in [6.07, 6.45) is 2.57. The maximum Gasteiger partial charge on any atom is 0.251 e. The fraction of sp³-hybridized carbons (Fsp3) is 0.500. The second-order valence-electron chi connectivity index (χ2n) is 5.60. The predicted molar refractivity (Wildman–Crippen MR) is 81.9 cm³/mol. The summed E-state index contributed by atoms with van der Waals surface area (Å²) in [5, 5.41) is 5.79. The number of benzene rings is 1. The lowest BCUT2D eigenvalue weighted by Gasteiger charge is -2.17. The van der Waals surface area contributed by atoms with Gasteiger partial charge < -0.3 is 15.5 Å². The van der Waals surface area contributed by atoms with Gasteiger partial charge in [0.15, 0.2) is 0 Å². The maximum atomic E-state index is 12.0. The molecule has 0 atom stereocenters. The number of nitrogens with zero attached hydrogens (tertiary/aromatic N) is 1. The van der Waals surface area contributed by atoms with Crippen molar-refractivity contribution in [3.63, 3.8) is 0 Å². The molecule has 5 heteroatoms. The van der Waals surface area contributed by atoms with Crippen molar-refractivity contribution < 1.29 is 9.59 Å². The van der Waals surface area contributed by atoms with E-state index in [0.717, 1.165) is 18.0 Å². The van der Waals surface area contributed by atoms with Crippen LogP contribution < -0.4 is 10.6 Å². The van der Waals surface area contributed by atoms with E-state index in [9.17, 15) is 9.59 Å². The zero-order valence-electron chi connectivity index (χ0n) is 12.7. The first kappa shape index (κ1) is 15.5. The van der Waals surface area contributed by atoms with Crippen molar-refractivity contribution >= 4 is 11.8 Å². The Balaban J connectivity index is 1.78. The molecule has 1 aliphatic rings. The Morgan fingerprint density at radius 3 is 2.48 bits per heavy atom. The van der Waals surface area contributed by atoms with Gasteiger partial charge in [-0.2, -0.15) is 0 Å². The summed E-state index contributed by atoms with van der Waals surface area (Å²) >= 11 is 0. The van der Waals surface area contributed by atoms with Crippen molar-refractivity contribution in [2.45, 2.75) is 19.4 Å². The largest absolute Gasteiger partial charge is 0.355 e. The molecular formula is C16H23N3O2. The summed E-state index contributed by atoms with van der Waals surface area (Å²) in [4.78, 5) is 25.1. The molecule has 1 saturated carbocycles. The third-order valence-corrected chi connectivity index (χ3v) is 3.69. The average Bonchev–Trinajstić information content (AvgIpc) is 3.31. The van der Waals surface area contributed by atoms with Crippen LogP contribution in [0.3, 0.4) is 0 Å². The van der Waals surface area contributed by atoms with Crippen LogP contribution in [0.15, 0.2) is 24.3 Å². The highest BCUT2D eigenvalue weighted by Crippen LogP contribution is 2.27. The van der Waals surface area contributed by atoms with Gasteiger partial charge in [0.25, 0.3) is 5.91 Å². The molecule has 21 heavy (non-hydrogen) atoms. The predicted octanol–water partition coefficient (Wildman–Crippen LogP) is 1.00. The van der Waals surface area contributed by atoms with Crippen molar-refractivity contribution in [3.8, 4) is 0 Å². The molecule has 1 aliphatic carbocycles. The van der Waals surface area contributed by atoms with Crippen LogP contribution in [0.25, 0.3) is 0 Å². The van der Waals surface area contributed by atoms with Crippen LogP contribution in [0.5, 0.6) is 0 Å². The minimum atomic E-state index is -0.102. The van der Waals surface area contributed by atoms with Crippen LogP contribution in [0.2, 0.25) is 0 Å². The summed E-state index contributed by atoms with van der Waals surface area (Å²) in [7, 11) is 3.41. The molecule has 2 rings (SSSR count). The van der Waals surface area contributed by atoms with Crippen LogP contribution in [-0.2, 0) is 11.3 Å². The number of amides is 2. The Morgan fingerprint density at radius 1 is 1.24 bits per heavy atom. The Bertz CT molecular complexity index is 495. The van der Waals surface area contributed by atoms with Crippen molar-refractivity contribution in [1.82, 2.24) is 15.5 Å². The third-order valence-electron chi connectivity index (χ3n) is 3.69. The first-order chi connectivity index (χ1) is 10.1. The van der Waals surface area contributed by atoms with E-state index in [4.69, 9.17) is 0 Å². The lowest BCUT2D eigenvalue weighted by molar-refractivity contribution is -0.129. The van der Waals surface area contributed by atoms with Crippen LogP contribution in [-0.4, -0.2) is 43.9 Å². The molecule has 0 heterocycles. The topological polar surface area (TPSA) is 61.4 Å². The zero-order valence-corrected chi connectivity index (χ0v) is 12.7. The molecule has 5 nitrogen and oxygen atoms in total. The summed E-state index contributed by atoms with van der Waals surface area (Å²) in [5.41, 5.74) is 1.64. The number of likely N-dealkylation sites (N-methyl/N-ethyl adjacent to an activating group) is 1. The number of carbonyl (C=O) groups is 2. The summed E-state index contributed by atoms with van der Waals surface area (Å²) in [6, 6.07) is 7.31. The standard InChI is InChI=1S/C16H23N3O2/c1-17-16(21)14-7-5-13(6-8-14)11-19(2)15(20)10-18-9-12-3-4-12/h5-8,12,18H,3-4,9-11H2,1-2H3,(H,17,21). The van der Waals surface area contributed by atoms with Crippen molar-refractivity contribution in [2.75, 3.05) is 27.2 Å². The van der Waals surface area contributed by atoms with E-state index in [-0.39, 0.29) is 11.8 Å². The van der Waals surface area contributed by atoms with Gasteiger partial charge in [-0.3, -0.25) is 9.59 Å². The fourth-order valence-electron chi connectivity index (χ4n) is 2.11. The first-order valence-electron chi connectivity index (χ1n) is 7.36.